The van der Waals surface area contributed by atoms with Gasteiger partial charge in [-0.05, 0) is 74.1 Å². The molecule has 0 N–H and O–H groups in total. The molecule has 1 amide bonds. The molecule has 1 aliphatic carbocycles. The lowest BCUT2D eigenvalue weighted by atomic mass is 9.76. The standard InChI is InChI=1S/C27H28BrNO6/c1-26(2,3)35-25(32)29-10-4-5-22(29)24(31)34-13-23(30)16-6-8-18-19-9-7-17(28)12-21(19)27(14-33-15-27)20(18)11-16/h6-9,11-12,22H,4-5,10,13-15H2,1-3H3/t22-/m0/s1. The van der Waals surface area contributed by atoms with E-state index in [0.717, 1.165) is 21.2 Å². The van der Waals surface area contributed by atoms with E-state index in [-0.39, 0.29) is 17.8 Å². The Morgan fingerprint density at radius 2 is 1.77 bits per heavy atom. The molecule has 2 aromatic rings. The van der Waals surface area contributed by atoms with Crippen LogP contribution < -0.4 is 0 Å². The highest BCUT2D eigenvalue weighted by molar-refractivity contribution is 9.10. The predicted molar refractivity (Wildman–Crippen MR) is 132 cm³/mol. The number of halogens is 1. The average molecular weight is 542 g/mol. The summed E-state index contributed by atoms with van der Waals surface area (Å²) in [5.41, 5.74) is 4.11. The van der Waals surface area contributed by atoms with Crippen molar-refractivity contribution in [2.24, 2.45) is 0 Å². The van der Waals surface area contributed by atoms with Crippen LogP contribution in [0.2, 0.25) is 0 Å². The Bertz CT molecular complexity index is 1210. The Morgan fingerprint density at radius 1 is 1.09 bits per heavy atom. The first-order chi connectivity index (χ1) is 16.6. The second kappa shape index (κ2) is 8.75. The maximum Gasteiger partial charge on any atom is 0.411 e. The summed E-state index contributed by atoms with van der Waals surface area (Å²) in [6, 6.07) is 11.1. The van der Waals surface area contributed by atoms with Gasteiger partial charge in [-0.2, -0.15) is 0 Å². The minimum absolute atomic E-state index is 0.251. The third-order valence-corrected chi connectivity index (χ3v) is 7.33. The zero-order valence-corrected chi connectivity index (χ0v) is 21.6. The SMILES string of the molecule is CC(C)(C)OC(=O)N1CCC[C@H]1C(=O)OCC(=O)c1ccc2c(c1)C1(COC1)c1cc(Br)ccc1-2. The average Bonchev–Trinajstić information content (AvgIpc) is 3.36. The van der Waals surface area contributed by atoms with E-state index in [0.29, 0.717) is 38.2 Å². The van der Waals surface area contributed by atoms with E-state index in [1.165, 1.54) is 10.5 Å². The van der Waals surface area contributed by atoms with Crippen molar-refractivity contribution < 1.29 is 28.6 Å². The van der Waals surface area contributed by atoms with Crippen molar-refractivity contribution in [3.63, 3.8) is 0 Å². The Morgan fingerprint density at radius 3 is 2.43 bits per heavy atom. The molecular weight excluding hydrogens is 514 g/mol. The molecular formula is C27H28BrNO6. The summed E-state index contributed by atoms with van der Waals surface area (Å²) in [6.07, 6.45) is 0.626. The zero-order chi connectivity index (χ0) is 25.0. The third-order valence-electron chi connectivity index (χ3n) is 6.84. The van der Waals surface area contributed by atoms with Gasteiger partial charge in [-0.1, -0.05) is 34.1 Å². The summed E-state index contributed by atoms with van der Waals surface area (Å²) in [6.45, 7) is 6.52. The summed E-state index contributed by atoms with van der Waals surface area (Å²) < 4.78 is 17.4. The summed E-state index contributed by atoms with van der Waals surface area (Å²) in [5, 5.41) is 0. The van der Waals surface area contributed by atoms with Crippen molar-refractivity contribution in [2.75, 3.05) is 26.4 Å². The van der Waals surface area contributed by atoms with Gasteiger partial charge >= 0.3 is 12.1 Å². The van der Waals surface area contributed by atoms with Gasteiger partial charge in [-0.25, -0.2) is 9.59 Å². The van der Waals surface area contributed by atoms with E-state index in [1.54, 1.807) is 26.8 Å². The van der Waals surface area contributed by atoms with Crippen molar-refractivity contribution in [1.82, 2.24) is 4.90 Å². The number of nitrogens with zero attached hydrogens (tertiary/aromatic N) is 1. The second-order valence-corrected chi connectivity index (χ2v) is 11.3. The monoisotopic (exact) mass is 541 g/mol. The highest BCUT2D eigenvalue weighted by Gasteiger charge is 2.49. The number of hydrogen-bond donors (Lipinski definition) is 0. The number of rotatable bonds is 4. The molecule has 2 heterocycles. The number of esters is 1. The van der Waals surface area contributed by atoms with Gasteiger partial charge in [0, 0.05) is 16.6 Å². The van der Waals surface area contributed by atoms with Gasteiger partial charge in [-0.15, -0.1) is 0 Å². The van der Waals surface area contributed by atoms with Gasteiger partial charge in [0.1, 0.15) is 11.6 Å². The quantitative estimate of drug-likeness (QED) is 0.405. The summed E-state index contributed by atoms with van der Waals surface area (Å²) in [5.74, 6) is -0.862. The van der Waals surface area contributed by atoms with Crippen molar-refractivity contribution >= 4 is 33.8 Å². The predicted octanol–water partition coefficient (Wildman–Crippen LogP) is 4.87. The normalized spacial score (nSPS) is 19.7. The second-order valence-electron chi connectivity index (χ2n) is 10.4. The maximum atomic E-state index is 13.0. The molecule has 1 spiro atoms. The summed E-state index contributed by atoms with van der Waals surface area (Å²) >= 11 is 3.57. The Labute approximate surface area is 212 Å². The number of carbonyl (C=O) groups excluding carboxylic acids is 3. The third kappa shape index (κ3) is 4.27. The van der Waals surface area contributed by atoms with Crippen molar-refractivity contribution in [3.8, 4) is 11.1 Å². The Kier molecular flexibility index (Phi) is 6.00. The van der Waals surface area contributed by atoms with Crippen LogP contribution in [0.5, 0.6) is 0 Å². The molecule has 7 nitrogen and oxygen atoms in total. The largest absolute Gasteiger partial charge is 0.456 e. The molecule has 0 bridgehead atoms. The number of likely N-dealkylation sites (tertiary alicyclic amines) is 1. The number of hydrogen-bond acceptors (Lipinski definition) is 6. The van der Waals surface area contributed by atoms with E-state index < -0.39 is 23.7 Å². The van der Waals surface area contributed by atoms with Crippen LogP contribution >= 0.6 is 15.9 Å². The number of carbonyl (C=O) groups is 3. The van der Waals surface area contributed by atoms with Crippen LogP contribution in [-0.4, -0.2) is 60.8 Å². The van der Waals surface area contributed by atoms with Gasteiger partial charge in [-0.3, -0.25) is 9.69 Å². The van der Waals surface area contributed by atoms with E-state index >= 15 is 0 Å². The first kappa shape index (κ1) is 24.0. The molecule has 2 fully saturated rings. The fourth-order valence-corrected chi connectivity index (χ4v) is 5.49. The number of amides is 1. The van der Waals surface area contributed by atoms with Crippen LogP contribution in [0.3, 0.4) is 0 Å². The van der Waals surface area contributed by atoms with Crippen LogP contribution in [0.25, 0.3) is 11.1 Å². The summed E-state index contributed by atoms with van der Waals surface area (Å²) in [7, 11) is 0. The van der Waals surface area contributed by atoms with Crippen molar-refractivity contribution in [3.05, 3.63) is 57.6 Å². The molecule has 0 saturated carbocycles. The first-order valence-corrected chi connectivity index (χ1v) is 12.6. The topological polar surface area (TPSA) is 82.1 Å². The molecule has 0 aromatic heterocycles. The molecule has 2 aliphatic heterocycles. The lowest BCUT2D eigenvalue weighted by Gasteiger charge is -2.40. The lowest BCUT2D eigenvalue weighted by Crippen LogP contribution is -2.46. The van der Waals surface area contributed by atoms with Crippen LogP contribution in [0, 0.1) is 0 Å². The van der Waals surface area contributed by atoms with Crippen LogP contribution in [0.1, 0.15) is 55.1 Å². The van der Waals surface area contributed by atoms with Crippen LogP contribution in [0.15, 0.2) is 40.9 Å². The molecule has 0 radical (unpaired) electrons. The molecule has 0 unspecified atom stereocenters. The number of ether oxygens (including phenoxy) is 3. The maximum absolute atomic E-state index is 13.0. The highest BCUT2D eigenvalue weighted by Crippen LogP contribution is 2.53. The number of fused-ring (bicyclic) bond motifs is 5. The van der Waals surface area contributed by atoms with Gasteiger partial charge in [0.25, 0.3) is 0 Å². The molecule has 3 aliphatic rings. The molecule has 184 valence electrons. The Balaban J connectivity index is 1.28. The van der Waals surface area contributed by atoms with Crippen LogP contribution in [-0.2, 0) is 24.4 Å². The van der Waals surface area contributed by atoms with E-state index in [1.807, 2.05) is 18.2 Å². The molecule has 8 heteroatoms. The van der Waals surface area contributed by atoms with E-state index in [4.69, 9.17) is 14.2 Å². The Hall–Kier alpha value is -2.71. The molecule has 2 aromatic carbocycles. The minimum atomic E-state index is -0.735. The van der Waals surface area contributed by atoms with Gasteiger partial charge in [0.05, 0.1) is 18.6 Å². The fraction of sp³-hybridized carbons (Fsp3) is 0.444. The number of ketones is 1. The first-order valence-electron chi connectivity index (χ1n) is 11.8. The fourth-order valence-electron chi connectivity index (χ4n) is 5.13. The smallest absolute Gasteiger partial charge is 0.411 e. The number of benzene rings is 2. The summed E-state index contributed by atoms with van der Waals surface area (Å²) in [4.78, 5) is 39.6. The molecule has 1 atom stereocenters. The van der Waals surface area contributed by atoms with Crippen molar-refractivity contribution in [2.45, 2.75) is 50.7 Å². The van der Waals surface area contributed by atoms with Gasteiger partial charge in [0.15, 0.2) is 12.4 Å². The molecule has 35 heavy (non-hydrogen) atoms. The van der Waals surface area contributed by atoms with Crippen LogP contribution in [0.4, 0.5) is 4.79 Å². The zero-order valence-electron chi connectivity index (χ0n) is 20.1. The molecule has 5 rings (SSSR count). The molecule has 2 saturated heterocycles. The highest BCUT2D eigenvalue weighted by atomic mass is 79.9. The van der Waals surface area contributed by atoms with Crippen molar-refractivity contribution in [1.29, 1.82) is 0 Å². The van der Waals surface area contributed by atoms with Gasteiger partial charge < -0.3 is 14.2 Å². The van der Waals surface area contributed by atoms with E-state index in [2.05, 4.69) is 28.1 Å². The number of Topliss-reactive ketones (excluding diaryl/α,β-unsaturated/α-hetero) is 1. The minimum Gasteiger partial charge on any atom is -0.456 e. The van der Waals surface area contributed by atoms with Gasteiger partial charge in [0.2, 0.25) is 0 Å². The van der Waals surface area contributed by atoms with E-state index in [9.17, 15) is 14.4 Å². The lowest BCUT2D eigenvalue weighted by molar-refractivity contribution is -0.147.